The van der Waals surface area contributed by atoms with Crippen molar-refractivity contribution in [2.45, 2.75) is 32.1 Å². The van der Waals surface area contributed by atoms with Gasteiger partial charge in [0.05, 0.1) is 11.9 Å². The summed E-state index contributed by atoms with van der Waals surface area (Å²) in [5.41, 5.74) is 0.301. The second-order valence-corrected chi connectivity index (χ2v) is 8.72. The number of pyridine rings is 1. The molecule has 3 amide bonds. The summed E-state index contributed by atoms with van der Waals surface area (Å²) in [6, 6.07) is 7.36. The summed E-state index contributed by atoms with van der Waals surface area (Å²) in [6.07, 6.45) is 2.63. The molecule has 14 heteroatoms. The van der Waals surface area contributed by atoms with Crippen LogP contribution in [-0.2, 0) is 30.5 Å². The maximum Gasteiger partial charge on any atom is 0.416 e. The van der Waals surface area contributed by atoms with Crippen molar-refractivity contribution in [3.05, 3.63) is 78.3 Å². The number of aromatic nitrogens is 5. The second-order valence-electron chi connectivity index (χ2n) is 8.72. The summed E-state index contributed by atoms with van der Waals surface area (Å²) in [5, 5.41) is 11.1. The van der Waals surface area contributed by atoms with E-state index in [1.54, 1.807) is 30.9 Å². The van der Waals surface area contributed by atoms with E-state index in [-0.39, 0.29) is 23.8 Å². The Labute approximate surface area is 213 Å². The number of nitrogens with zero attached hydrogens (tertiary/aromatic N) is 5. The number of nitrogens with one attached hydrogen (secondary N) is 3. The molecule has 4 heterocycles. The van der Waals surface area contributed by atoms with Crippen molar-refractivity contribution >= 4 is 29.2 Å². The van der Waals surface area contributed by atoms with Crippen LogP contribution in [0.3, 0.4) is 0 Å². The van der Waals surface area contributed by atoms with Gasteiger partial charge in [0.15, 0.2) is 0 Å². The van der Waals surface area contributed by atoms with Gasteiger partial charge in [-0.1, -0.05) is 6.07 Å². The highest BCUT2D eigenvalue weighted by molar-refractivity contribution is 6.00. The number of carbonyl (C=O) groups is 2. The first kappa shape index (κ1) is 24.9. The monoisotopic (exact) mass is 527 g/mol. The number of hydrogen-bond donors (Lipinski definition) is 3. The van der Waals surface area contributed by atoms with Gasteiger partial charge in [-0.05, 0) is 41.4 Å². The zero-order valence-electron chi connectivity index (χ0n) is 19.8. The summed E-state index contributed by atoms with van der Waals surface area (Å²) in [6.45, 7) is 0.875. The molecule has 196 valence electrons. The zero-order valence-corrected chi connectivity index (χ0v) is 19.8. The van der Waals surface area contributed by atoms with E-state index in [0.717, 1.165) is 17.8 Å². The number of halogens is 3. The number of urea groups is 1. The van der Waals surface area contributed by atoms with Gasteiger partial charge in [-0.2, -0.15) is 13.2 Å². The van der Waals surface area contributed by atoms with E-state index in [2.05, 4.69) is 31.2 Å². The van der Waals surface area contributed by atoms with Crippen LogP contribution in [0.1, 0.15) is 23.4 Å². The smallest absolute Gasteiger partial charge is 0.335 e. The van der Waals surface area contributed by atoms with Crippen LogP contribution in [0.4, 0.5) is 35.2 Å². The fourth-order valence-electron chi connectivity index (χ4n) is 4.11. The standard InChI is InChI=1S/C24H21F3N8O3/c25-24(26,27)16-8-18(30-22(36)15-4-6-34-14-28-11-20(34)7-15)10-19(9-16)31-23(37)32-21-13-35(33-38-21)12-17-3-1-2-5-29-17/h1-3,5,8-11,13-15H,4,6-7,12H2,(H2-,30,31,32,33,36,37)/p+1. The Kier molecular flexibility index (Phi) is 6.77. The Balaban J connectivity index is 1.26. The number of hydrogen-bond acceptors (Lipinski definition) is 6. The van der Waals surface area contributed by atoms with E-state index in [9.17, 15) is 22.8 Å². The SMILES string of the molecule is O=C(Nc1cc(NC(=O)C2CCn3cncc3C2)cc(C(F)(F)F)c1)Nc1c[n+](Cc2ccccn2)no1. The molecule has 1 aliphatic heterocycles. The highest BCUT2D eigenvalue weighted by Crippen LogP contribution is 2.34. The summed E-state index contributed by atoms with van der Waals surface area (Å²) < 4.78 is 49.0. The molecule has 0 aliphatic carbocycles. The third-order valence-corrected chi connectivity index (χ3v) is 5.93. The van der Waals surface area contributed by atoms with Gasteiger partial charge in [-0.3, -0.25) is 19.6 Å². The maximum atomic E-state index is 13.6. The molecule has 0 fully saturated rings. The predicted octanol–water partition coefficient (Wildman–Crippen LogP) is 3.47. The van der Waals surface area contributed by atoms with Gasteiger partial charge in [-0.15, -0.1) is 0 Å². The number of benzene rings is 1. The van der Waals surface area contributed by atoms with Crippen LogP contribution in [0, 0.1) is 5.92 Å². The predicted molar refractivity (Wildman–Crippen MR) is 127 cm³/mol. The molecule has 1 aliphatic rings. The van der Waals surface area contributed by atoms with Gasteiger partial charge >= 0.3 is 18.1 Å². The lowest BCUT2D eigenvalue weighted by atomic mass is 9.95. The Morgan fingerprint density at radius 1 is 1.13 bits per heavy atom. The number of rotatable bonds is 6. The first-order chi connectivity index (χ1) is 18.2. The minimum absolute atomic E-state index is 0.0320. The number of fused-ring (bicyclic) bond motifs is 1. The molecule has 5 rings (SSSR count). The number of aryl methyl sites for hydroxylation is 1. The van der Waals surface area contributed by atoms with E-state index < -0.39 is 29.6 Å². The first-order valence-corrected chi connectivity index (χ1v) is 11.6. The van der Waals surface area contributed by atoms with Crippen molar-refractivity contribution in [2.24, 2.45) is 5.92 Å². The van der Waals surface area contributed by atoms with Crippen molar-refractivity contribution in [3.8, 4) is 0 Å². The van der Waals surface area contributed by atoms with E-state index in [1.165, 1.54) is 16.9 Å². The van der Waals surface area contributed by atoms with Crippen LogP contribution >= 0.6 is 0 Å². The van der Waals surface area contributed by atoms with E-state index in [0.29, 0.717) is 25.1 Å². The van der Waals surface area contributed by atoms with Gasteiger partial charge in [0.25, 0.3) is 6.20 Å². The third-order valence-electron chi connectivity index (χ3n) is 5.93. The maximum absolute atomic E-state index is 13.6. The van der Waals surface area contributed by atoms with Crippen molar-refractivity contribution in [3.63, 3.8) is 0 Å². The minimum atomic E-state index is -4.70. The lowest BCUT2D eigenvalue weighted by molar-refractivity contribution is -0.755. The number of imidazole rings is 1. The lowest BCUT2D eigenvalue weighted by Gasteiger charge is -2.23. The van der Waals surface area contributed by atoms with Crippen molar-refractivity contribution in [2.75, 3.05) is 16.0 Å². The van der Waals surface area contributed by atoms with Crippen LogP contribution in [0.15, 0.2) is 65.8 Å². The molecule has 1 aromatic carbocycles. The number of amides is 3. The Hall–Kier alpha value is -4.75. The highest BCUT2D eigenvalue weighted by Gasteiger charge is 2.32. The fraction of sp³-hybridized carbons (Fsp3) is 0.250. The van der Waals surface area contributed by atoms with Gasteiger partial charge in [0.1, 0.15) is 5.69 Å². The molecule has 11 nitrogen and oxygen atoms in total. The molecule has 4 aromatic rings. The molecule has 0 radical (unpaired) electrons. The number of alkyl halides is 3. The molecule has 3 N–H and O–H groups in total. The largest absolute Gasteiger partial charge is 0.416 e. The third kappa shape index (κ3) is 5.96. The molecule has 1 unspecified atom stereocenters. The molecular weight excluding hydrogens is 505 g/mol. The topological polar surface area (TPSA) is 131 Å². The fourth-order valence-corrected chi connectivity index (χ4v) is 4.11. The van der Waals surface area contributed by atoms with Crippen molar-refractivity contribution in [1.29, 1.82) is 0 Å². The van der Waals surface area contributed by atoms with E-state index in [4.69, 9.17) is 4.52 Å². The van der Waals surface area contributed by atoms with Crippen LogP contribution in [0.5, 0.6) is 0 Å². The Morgan fingerprint density at radius 2 is 1.95 bits per heavy atom. The number of anilines is 3. The molecule has 0 bridgehead atoms. The molecule has 0 saturated heterocycles. The normalized spacial score (nSPS) is 15.0. The number of carbonyl (C=O) groups excluding carboxylic acids is 2. The Bertz CT molecular complexity index is 1450. The zero-order chi connectivity index (χ0) is 26.7. The lowest BCUT2D eigenvalue weighted by Crippen LogP contribution is -2.35. The molecule has 0 saturated carbocycles. The molecule has 3 aromatic heterocycles. The molecule has 1 atom stereocenters. The molecule has 38 heavy (non-hydrogen) atoms. The second kappa shape index (κ2) is 10.3. The van der Waals surface area contributed by atoms with Crippen molar-refractivity contribution < 1.29 is 32.0 Å². The summed E-state index contributed by atoms with van der Waals surface area (Å²) in [5.74, 6) is -0.862. The summed E-state index contributed by atoms with van der Waals surface area (Å²) >= 11 is 0. The minimum Gasteiger partial charge on any atom is -0.335 e. The van der Waals surface area contributed by atoms with Crippen LogP contribution in [0.2, 0.25) is 0 Å². The quantitative estimate of drug-likeness (QED) is 0.329. The average Bonchev–Trinajstić information content (AvgIpc) is 3.52. The van der Waals surface area contributed by atoms with Gasteiger partial charge < -0.3 is 15.2 Å². The van der Waals surface area contributed by atoms with Crippen LogP contribution in [0.25, 0.3) is 0 Å². The van der Waals surface area contributed by atoms with E-state index in [1.807, 2.05) is 10.6 Å². The first-order valence-electron chi connectivity index (χ1n) is 11.6. The van der Waals surface area contributed by atoms with Crippen molar-refractivity contribution in [1.82, 2.24) is 19.8 Å². The summed E-state index contributed by atoms with van der Waals surface area (Å²) in [4.78, 5) is 33.5. The van der Waals surface area contributed by atoms with Crippen LogP contribution in [-0.4, -0.2) is 31.7 Å². The van der Waals surface area contributed by atoms with Gasteiger partial charge in [-0.25, -0.2) is 9.78 Å². The highest BCUT2D eigenvalue weighted by atomic mass is 19.4. The average molecular weight is 527 g/mol. The summed E-state index contributed by atoms with van der Waals surface area (Å²) in [7, 11) is 0. The van der Waals surface area contributed by atoms with Crippen LogP contribution < -0.4 is 20.6 Å². The Morgan fingerprint density at radius 3 is 2.71 bits per heavy atom. The van der Waals surface area contributed by atoms with Gasteiger partial charge in [0.2, 0.25) is 17.7 Å². The van der Waals surface area contributed by atoms with E-state index >= 15 is 0 Å². The molecular formula is C24H22F3N8O3+. The van der Waals surface area contributed by atoms with Gasteiger partial charge in [0, 0.05) is 48.3 Å². The molecule has 0 spiro atoms.